The van der Waals surface area contributed by atoms with Gasteiger partial charge in [0.15, 0.2) is 0 Å². The van der Waals surface area contributed by atoms with E-state index >= 15 is 0 Å². The summed E-state index contributed by atoms with van der Waals surface area (Å²) in [5, 5.41) is 5.90. The lowest BCUT2D eigenvalue weighted by molar-refractivity contribution is 0.0950. The highest BCUT2D eigenvalue weighted by molar-refractivity contribution is 5.99. The third-order valence-corrected chi connectivity index (χ3v) is 2.40. The zero-order valence-corrected chi connectivity index (χ0v) is 10.1. The smallest absolute Gasteiger partial charge is 0.253 e. The number of nitrogens with one attached hydrogen (secondary N) is 3. The van der Waals surface area contributed by atoms with Crippen LogP contribution in [0.4, 0.5) is 5.69 Å². The van der Waals surface area contributed by atoms with Crippen LogP contribution in [0.2, 0.25) is 0 Å². The van der Waals surface area contributed by atoms with Crippen molar-refractivity contribution >= 4 is 11.6 Å². The second kappa shape index (κ2) is 5.81. The molecular weight excluding hydrogens is 230 g/mol. The Bertz CT molecular complexity index is 509. The fourth-order valence-corrected chi connectivity index (χ4v) is 1.58. The third-order valence-electron chi connectivity index (χ3n) is 2.40. The van der Waals surface area contributed by atoms with E-state index in [-0.39, 0.29) is 5.91 Å². The molecule has 0 spiro atoms. The van der Waals surface area contributed by atoms with Crippen molar-refractivity contribution in [2.45, 2.75) is 13.5 Å². The Morgan fingerprint density at radius 2 is 2.33 bits per heavy atom. The number of H-pyrrole nitrogens is 1. The van der Waals surface area contributed by atoms with E-state index in [2.05, 4.69) is 25.6 Å². The molecule has 1 amide bonds. The van der Waals surface area contributed by atoms with Gasteiger partial charge >= 0.3 is 0 Å². The quantitative estimate of drug-likeness (QED) is 0.738. The zero-order valence-electron chi connectivity index (χ0n) is 10.1. The van der Waals surface area contributed by atoms with Crippen LogP contribution in [-0.2, 0) is 6.54 Å². The zero-order chi connectivity index (χ0) is 12.8. The molecule has 0 atom stereocenters. The number of imidazole rings is 1. The topological polar surface area (TPSA) is 82.7 Å². The van der Waals surface area contributed by atoms with Gasteiger partial charge in [0.25, 0.3) is 5.91 Å². The van der Waals surface area contributed by atoms with E-state index in [9.17, 15) is 4.79 Å². The molecule has 0 saturated carbocycles. The monoisotopic (exact) mass is 245 g/mol. The fraction of sp³-hybridized carbons (Fsp3) is 0.250. The number of nitrogens with zero attached hydrogens (tertiary/aromatic N) is 2. The average molecular weight is 245 g/mol. The molecule has 0 bridgehead atoms. The first-order chi connectivity index (χ1) is 8.81. The Hall–Kier alpha value is -2.37. The van der Waals surface area contributed by atoms with Gasteiger partial charge in [-0.15, -0.1) is 0 Å². The van der Waals surface area contributed by atoms with Gasteiger partial charge < -0.3 is 15.6 Å². The van der Waals surface area contributed by atoms with Crippen LogP contribution in [0.15, 0.2) is 30.9 Å². The molecule has 2 aromatic rings. The molecule has 0 aliphatic carbocycles. The first-order valence-electron chi connectivity index (χ1n) is 5.75. The van der Waals surface area contributed by atoms with Gasteiger partial charge in [0.2, 0.25) is 0 Å². The minimum atomic E-state index is -0.148. The van der Waals surface area contributed by atoms with Gasteiger partial charge in [0.05, 0.1) is 24.0 Å². The maximum absolute atomic E-state index is 12.0. The van der Waals surface area contributed by atoms with Gasteiger partial charge in [-0.3, -0.25) is 9.78 Å². The second-order valence-corrected chi connectivity index (χ2v) is 3.67. The van der Waals surface area contributed by atoms with Crippen LogP contribution in [0.1, 0.15) is 23.1 Å². The van der Waals surface area contributed by atoms with Crippen LogP contribution < -0.4 is 10.6 Å². The van der Waals surface area contributed by atoms with Gasteiger partial charge in [-0.2, -0.15) is 0 Å². The number of amides is 1. The van der Waals surface area contributed by atoms with Crippen molar-refractivity contribution in [3.8, 4) is 0 Å². The molecule has 18 heavy (non-hydrogen) atoms. The van der Waals surface area contributed by atoms with Crippen molar-refractivity contribution < 1.29 is 4.79 Å². The number of hydrogen-bond donors (Lipinski definition) is 3. The van der Waals surface area contributed by atoms with Crippen LogP contribution in [0, 0.1) is 0 Å². The van der Waals surface area contributed by atoms with E-state index in [1.807, 2.05) is 6.92 Å². The minimum Gasteiger partial charge on any atom is -0.383 e. The van der Waals surface area contributed by atoms with E-state index in [0.29, 0.717) is 12.1 Å². The van der Waals surface area contributed by atoms with Crippen LogP contribution in [0.25, 0.3) is 0 Å². The molecule has 0 fully saturated rings. The van der Waals surface area contributed by atoms with Gasteiger partial charge in [0.1, 0.15) is 5.82 Å². The Morgan fingerprint density at radius 3 is 3.06 bits per heavy atom. The number of aromatic amines is 1. The third kappa shape index (κ3) is 2.85. The molecule has 0 aliphatic heterocycles. The van der Waals surface area contributed by atoms with E-state index in [4.69, 9.17) is 0 Å². The van der Waals surface area contributed by atoms with Gasteiger partial charge in [-0.1, -0.05) is 0 Å². The summed E-state index contributed by atoms with van der Waals surface area (Å²) in [5.41, 5.74) is 1.32. The highest BCUT2D eigenvalue weighted by Gasteiger charge is 2.10. The molecule has 3 N–H and O–H groups in total. The minimum absolute atomic E-state index is 0.148. The standard InChI is InChI=1S/C12H15N5O/c1-2-14-10-7-13-4-3-9(10)12(18)17-8-11-15-5-6-16-11/h3-7,14H,2,8H2,1H3,(H,15,16)(H,17,18). The predicted octanol–water partition coefficient (Wildman–Crippen LogP) is 1.17. The summed E-state index contributed by atoms with van der Waals surface area (Å²) < 4.78 is 0. The van der Waals surface area contributed by atoms with Crippen LogP contribution in [0.5, 0.6) is 0 Å². The SMILES string of the molecule is CCNc1cnccc1C(=O)NCc1ncc[nH]1. The Labute approximate surface area is 105 Å². The highest BCUT2D eigenvalue weighted by atomic mass is 16.1. The van der Waals surface area contributed by atoms with Gasteiger partial charge in [0, 0.05) is 25.1 Å². The normalized spacial score (nSPS) is 10.1. The maximum atomic E-state index is 12.0. The summed E-state index contributed by atoms with van der Waals surface area (Å²) >= 11 is 0. The van der Waals surface area contributed by atoms with Gasteiger partial charge in [-0.05, 0) is 13.0 Å². The Kier molecular flexibility index (Phi) is 3.90. The highest BCUT2D eigenvalue weighted by Crippen LogP contribution is 2.12. The number of carbonyl (C=O) groups is 1. The molecule has 2 aromatic heterocycles. The first-order valence-corrected chi connectivity index (χ1v) is 5.75. The summed E-state index contributed by atoms with van der Waals surface area (Å²) in [6, 6.07) is 1.69. The second-order valence-electron chi connectivity index (χ2n) is 3.67. The maximum Gasteiger partial charge on any atom is 0.253 e. The first kappa shape index (κ1) is 12.1. The molecule has 0 aromatic carbocycles. The van der Waals surface area contributed by atoms with E-state index in [1.165, 1.54) is 0 Å². The number of aromatic nitrogens is 3. The van der Waals surface area contributed by atoms with Crippen LogP contribution in [0.3, 0.4) is 0 Å². The number of carbonyl (C=O) groups excluding carboxylic acids is 1. The molecule has 0 saturated heterocycles. The summed E-state index contributed by atoms with van der Waals surface area (Å²) in [5.74, 6) is 0.576. The molecule has 6 heteroatoms. The van der Waals surface area contributed by atoms with Crippen LogP contribution >= 0.6 is 0 Å². The van der Waals surface area contributed by atoms with Crippen molar-refractivity contribution in [3.63, 3.8) is 0 Å². The molecule has 0 radical (unpaired) electrons. The van der Waals surface area contributed by atoms with Crippen molar-refractivity contribution in [1.82, 2.24) is 20.3 Å². The Morgan fingerprint density at radius 1 is 1.44 bits per heavy atom. The lowest BCUT2D eigenvalue weighted by atomic mass is 10.2. The van der Waals surface area contributed by atoms with Crippen molar-refractivity contribution in [2.75, 3.05) is 11.9 Å². The number of anilines is 1. The van der Waals surface area contributed by atoms with Gasteiger partial charge in [-0.25, -0.2) is 4.98 Å². The molecule has 6 nitrogen and oxygen atoms in total. The molecule has 0 unspecified atom stereocenters. The molecular formula is C12H15N5O. The molecule has 0 aliphatic rings. The van der Waals surface area contributed by atoms with Crippen molar-refractivity contribution in [3.05, 3.63) is 42.2 Å². The average Bonchev–Trinajstić information content (AvgIpc) is 2.90. The van der Waals surface area contributed by atoms with E-state index in [0.717, 1.165) is 18.1 Å². The fourth-order valence-electron chi connectivity index (χ4n) is 1.58. The lowest BCUT2D eigenvalue weighted by Gasteiger charge is -2.09. The number of hydrogen-bond acceptors (Lipinski definition) is 4. The molecule has 94 valence electrons. The van der Waals surface area contributed by atoms with Crippen LogP contribution in [-0.4, -0.2) is 27.4 Å². The lowest BCUT2D eigenvalue weighted by Crippen LogP contribution is -2.24. The largest absolute Gasteiger partial charge is 0.383 e. The summed E-state index contributed by atoms with van der Waals surface area (Å²) in [6.07, 6.45) is 6.62. The summed E-state index contributed by atoms with van der Waals surface area (Å²) in [4.78, 5) is 23.0. The summed E-state index contributed by atoms with van der Waals surface area (Å²) in [6.45, 7) is 3.08. The van der Waals surface area contributed by atoms with Crippen molar-refractivity contribution in [1.29, 1.82) is 0 Å². The number of rotatable bonds is 5. The van der Waals surface area contributed by atoms with Crippen molar-refractivity contribution in [2.24, 2.45) is 0 Å². The predicted molar refractivity (Wildman–Crippen MR) is 68.2 cm³/mol. The number of pyridine rings is 1. The molecule has 2 rings (SSSR count). The van der Waals surface area contributed by atoms with E-state index in [1.54, 1.807) is 30.9 Å². The van der Waals surface area contributed by atoms with E-state index < -0.39 is 0 Å². The molecule has 2 heterocycles. The Balaban J connectivity index is 2.04. The summed E-state index contributed by atoms with van der Waals surface area (Å²) in [7, 11) is 0.